The number of hydrogen-bond acceptors (Lipinski definition) is 4. The van der Waals surface area contributed by atoms with Crippen LogP contribution in [-0.2, 0) is 0 Å². The monoisotopic (exact) mass is 321 g/mol. The summed E-state index contributed by atoms with van der Waals surface area (Å²) in [7, 11) is 0. The van der Waals surface area contributed by atoms with Gasteiger partial charge in [-0.05, 0) is 42.0 Å². The molecule has 4 heteroatoms. The summed E-state index contributed by atoms with van der Waals surface area (Å²) in [5.74, 6) is 1.55. The highest BCUT2D eigenvalue weighted by Crippen LogP contribution is 2.31. The van der Waals surface area contributed by atoms with Gasteiger partial charge in [0.1, 0.15) is 17.1 Å². The molecule has 0 spiro atoms. The molecule has 0 aliphatic carbocycles. The van der Waals surface area contributed by atoms with Crippen LogP contribution < -0.4 is 5.32 Å². The minimum Gasteiger partial charge on any atom is -0.468 e. The van der Waals surface area contributed by atoms with E-state index in [9.17, 15) is 5.11 Å². The van der Waals surface area contributed by atoms with Crippen LogP contribution in [0.3, 0.4) is 0 Å². The molecular formula is C20H19NO3. The molecule has 2 aromatic heterocycles. The Morgan fingerprint density at radius 3 is 2.67 bits per heavy atom. The van der Waals surface area contributed by atoms with Gasteiger partial charge in [-0.3, -0.25) is 5.32 Å². The number of aliphatic hydroxyl groups is 1. The predicted octanol–water partition coefficient (Wildman–Crippen LogP) is 4.56. The van der Waals surface area contributed by atoms with Crippen molar-refractivity contribution in [3.63, 3.8) is 0 Å². The summed E-state index contributed by atoms with van der Waals surface area (Å²) < 4.78 is 11.4. The van der Waals surface area contributed by atoms with Gasteiger partial charge in [0.15, 0.2) is 0 Å². The molecule has 4 rings (SSSR count). The van der Waals surface area contributed by atoms with Crippen molar-refractivity contribution >= 4 is 21.7 Å². The van der Waals surface area contributed by atoms with E-state index in [1.54, 1.807) is 6.26 Å². The van der Waals surface area contributed by atoms with E-state index in [0.717, 1.165) is 16.7 Å². The fourth-order valence-electron chi connectivity index (χ4n) is 3.12. The van der Waals surface area contributed by atoms with Crippen LogP contribution in [0, 0.1) is 0 Å². The molecule has 0 radical (unpaired) electrons. The van der Waals surface area contributed by atoms with Crippen molar-refractivity contribution in [3.8, 4) is 0 Å². The average molecular weight is 321 g/mol. The Labute approximate surface area is 139 Å². The third kappa shape index (κ3) is 2.60. The zero-order valence-corrected chi connectivity index (χ0v) is 13.4. The second-order valence-corrected chi connectivity index (χ2v) is 5.99. The summed E-state index contributed by atoms with van der Waals surface area (Å²) in [4.78, 5) is 0. The number of fused-ring (bicyclic) bond motifs is 3. The second kappa shape index (κ2) is 6.15. The van der Waals surface area contributed by atoms with E-state index in [4.69, 9.17) is 8.83 Å². The molecule has 0 amide bonds. The highest BCUT2D eigenvalue weighted by atomic mass is 16.3. The number of benzene rings is 2. The lowest BCUT2D eigenvalue weighted by Gasteiger charge is -2.18. The molecule has 0 bridgehead atoms. The zero-order valence-electron chi connectivity index (χ0n) is 13.4. The first kappa shape index (κ1) is 15.0. The van der Waals surface area contributed by atoms with E-state index in [1.807, 2.05) is 37.3 Å². The standard InChI is InChI=1S/C20H19NO3/c1-13(21-17(12-22)19-7-4-10-23-19)20-11-16-15-6-3-2-5-14(15)8-9-18(16)24-20/h2-11,13,17,21-22H,12H2,1H3. The molecule has 4 aromatic rings. The van der Waals surface area contributed by atoms with Crippen LogP contribution in [0.2, 0.25) is 0 Å². The van der Waals surface area contributed by atoms with Crippen LogP contribution in [0.15, 0.2) is 69.7 Å². The molecule has 24 heavy (non-hydrogen) atoms. The zero-order chi connectivity index (χ0) is 16.5. The minimum absolute atomic E-state index is 0.0407. The van der Waals surface area contributed by atoms with Gasteiger partial charge >= 0.3 is 0 Å². The molecule has 0 saturated heterocycles. The first-order chi connectivity index (χ1) is 11.8. The quantitative estimate of drug-likeness (QED) is 0.565. The fraction of sp³-hybridized carbons (Fsp3) is 0.200. The Bertz CT molecular complexity index is 956. The van der Waals surface area contributed by atoms with Crippen LogP contribution in [0.4, 0.5) is 0 Å². The van der Waals surface area contributed by atoms with E-state index < -0.39 is 0 Å². The summed E-state index contributed by atoms with van der Waals surface area (Å²) >= 11 is 0. The Kier molecular flexibility index (Phi) is 3.84. The topological polar surface area (TPSA) is 58.5 Å². The molecule has 2 atom stereocenters. The van der Waals surface area contributed by atoms with Crippen molar-refractivity contribution in [1.82, 2.24) is 5.32 Å². The molecule has 122 valence electrons. The lowest BCUT2D eigenvalue weighted by atomic mass is 10.1. The Balaban J connectivity index is 1.67. The molecule has 2 aromatic carbocycles. The molecule has 0 aliphatic heterocycles. The number of rotatable bonds is 5. The van der Waals surface area contributed by atoms with Gasteiger partial charge in [0.05, 0.1) is 25.0 Å². The molecule has 2 unspecified atom stereocenters. The summed E-state index contributed by atoms with van der Waals surface area (Å²) in [6.07, 6.45) is 1.61. The van der Waals surface area contributed by atoms with Crippen molar-refractivity contribution in [2.45, 2.75) is 19.0 Å². The SMILES string of the molecule is CC(NC(CO)c1ccco1)c1cc2c(ccc3ccccc32)o1. The number of furan rings is 2. The van der Waals surface area contributed by atoms with E-state index in [0.29, 0.717) is 5.76 Å². The average Bonchev–Trinajstić information content (AvgIpc) is 3.28. The highest BCUT2D eigenvalue weighted by molar-refractivity contribution is 6.05. The van der Waals surface area contributed by atoms with Gasteiger partial charge in [0, 0.05) is 5.39 Å². The van der Waals surface area contributed by atoms with Crippen LogP contribution >= 0.6 is 0 Å². The molecular weight excluding hydrogens is 302 g/mol. The second-order valence-electron chi connectivity index (χ2n) is 5.99. The Morgan fingerprint density at radius 2 is 1.88 bits per heavy atom. The number of aliphatic hydroxyl groups excluding tert-OH is 1. The van der Waals surface area contributed by atoms with E-state index in [1.165, 1.54) is 10.8 Å². The maximum absolute atomic E-state index is 9.62. The number of nitrogens with one attached hydrogen (secondary N) is 1. The molecule has 4 nitrogen and oxygen atoms in total. The van der Waals surface area contributed by atoms with E-state index in [2.05, 4.69) is 29.6 Å². The Hall–Kier alpha value is -2.56. The van der Waals surface area contributed by atoms with Crippen molar-refractivity contribution in [1.29, 1.82) is 0 Å². The van der Waals surface area contributed by atoms with Gasteiger partial charge in [-0.1, -0.05) is 30.3 Å². The summed E-state index contributed by atoms with van der Waals surface area (Å²) in [5, 5.41) is 16.5. The smallest absolute Gasteiger partial charge is 0.135 e. The third-order valence-electron chi connectivity index (χ3n) is 4.39. The van der Waals surface area contributed by atoms with Gasteiger partial charge in [0.25, 0.3) is 0 Å². The first-order valence-electron chi connectivity index (χ1n) is 8.08. The molecule has 2 N–H and O–H groups in total. The van der Waals surface area contributed by atoms with E-state index >= 15 is 0 Å². The summed E-state index contributed by atoms with van der Waals surface area (Å²) in [5.41, 5.74) is 0.871. The molecule has 0 fully saturated rings. The van der Waals surface area contributed by atoms with Crippen LogP contribution in [0.25, 0.3) is 21.7 Å². The van der Waals surface area contributed by atoms with Gasteiger partial charge in [-0.25, -0.2) is 0 Å². The van der Waals surface area contributed by atoms with Gasteiger partial charge in [-0.2, -0.15) is 0 Å². The Morgan fingerprint density at radius 1 is 1.00 bits per heavy atom. The van der Waals surface area contributed by atoms with Gasteiger partial charge < -0.3 is 13.9 Å². The fourth-order valence-corrected chi connectivity index (χ4v) is 3.12. The van der Waals surface area contributed by atoms with Crippen molar-refractivity contribution in [3.05, 3.63) is 72.4 Å². The van der Waals surface area contributed by atoms with Crippen LogP contribution in [0.1, 0.15) is 30.5 Å². The summed E-state index contributed by atoms with van der Waals surface area (Å²) in [6, 6.07) is 17.8. The maximum Gasteiger partial charge on any atom is 0.135 e. The van der Waals surface area contributed by atoms with Crippen molar-refractivity contribution in [2.24, 2.45) is 0 Å². The van der Waals surface area contributed by atoms with Crippen molar-refractivity contribution in [2.75, 3.05) is 6.61 Å². The third-order valence-corrected chi connectivity index (χ3v) is 4.39. The lowest BCUT2D eigenvalue weighted by Crippen LogP contribution is -2.26. The lowest BCUT2D eigenvalue weighted by molar-refractivity contribution is 0.213. The van der Waals surface area contributed by atoms with E-state index in [-0.39, 0.29) is 18.7 Å². The van der Waals surface area contributed by atoms with Gasteiger partial charge in [-0.15, -0.1) is 0 Å². The number of hydrogen-bond donors (Lipinski definition) is 2. The summed E-state index contributed by atoms with van der Waals surface area (Å²) in [6.45, 7) is 1.98. The normalized spacial score (nSPS) is 14.2. The van der Waals surface area contributed by atoms with Crippen molar-refractivity contribution < 1.29 is 13.9 Å². The molecule has 0 aliphatic rings. The maximum atomic E-state index is 9.62. The molecule has 2 heterocycles. The van der Waals surface area contributed by atoms with Crippen LogP contribution in [-0.4, -0.2) is 11.7 Å². The van der Waals surface area contributed by atoms with Gasteiger partial charge in [0.2, 0.25) is 0 Å². The molecule has 0 saturated carbocycles. The first-order valence-corrected chi connectivity index (χ1v) is 8.08. The highest BCUT2D eigenvalue weighted by Gasteiger charge is 2.19. The largest absolute Gasteiger partial charge is 0.468 e. The predicted molar refractivity (Wildman–Crippen MR) is 93.8 cm³/mol. The van der Waals surface area contributed by atoms with Crippen LogP contribution in [0.5, 0.6) is 0 Å². The minimum atomic E-state index is -0.264.